The molecular formula is C29H36Br2O7. The summed E-state index contributed by atoms with van der Waals surface area (Å²) in [5.74, 6) is -2.40. The highest BCUT2D eigenvalue weighted by Crippen LogP contribution is 2.31. The highest BCUT2D eigenvalue weighted by molar-refractivity contribution is 9.10. The Balaban J connectivity index is 0.000000415. The van der Waals surface area contributed by atoms with Gasteiger partial charge in [0, 0.05) is 20.9 Å². The van der Waals surface area contributed by atoms with Crippen LogP contribution < -0.4 is 0 Å². The second-order valence-electron chi connectivity index (χ2n) is 9.03. The zero-order valence-electron chi connectivity index (χ0n) is 22.7. The van der Waals surface area contributed by atoms with Gasteiger partial charge in [-0.15, -0.1) is 0 Å². The SMILES string of the molecule is CCOC(=O)C(C)(Cc1ccc(C(C)=O)cc1Br)C(=O)OCC.CCc1ccc(CC(C)C(=O)O)c(Br)c1. The zero-order chi connectivity index (χ0) is 29.0. The van der Waals surface area contributed by atoms with Crippen molar-refractivity contribution in [2.24, 2.45) is 11.3 Å². The molecular weight excluding hydrogens is 620 g/mol. The Kier molecular flexibility index (Phi) is 13.9. The normalized spacial score (nSPS) is 11.6. The van der Waals surface area contributed by atoms with E-state index in [1.165, 1.54) is 19.4 Å². The summed E-state index contributed by atoms with van der Waals surface area (Å²) in [6.07, 6.45) is 1.68. The summed E-state index contributed by atoms with van der Waals surface area (Å²) in [4.78, 5) is 46.7. The van der Waals surface area contributed by atoms with E-state index in [0.717, 1.165) is 22.0 Å². The molecule has 2 rings (SSSR count). The lowest BCUT2D eigenvalue weighted by Gasteiger charge is -2.25. The number of ketones is 1. The molecule has 0 aliphatic rings. The molecule has 1 N–H and O–H groups in total. The third-order valence-electron chi connectivity index (χ3n) is 5.93. The van der Waals surface area contributed by atoms with Crippen LogP contribution in [0, 0.1) is 11.3 Å². The van der Waals surface area contributed by atoms with Crippen molar-refractivity contribution in [1.82, 2.24) is 0 Å². The summed E-state index contributed by atoms with van der Waals surface area (Å²) in [6, 6.07) is 11.2. The molecule has 208 valence electrons. The highest BCUT2D eigenvalue weighted by Gasteiger charge is 2.44. The molecule has 0 saturated heterocycles. The van der Waals surface area contributed by atoms with E-state index >= 15 is 0 Å². The number of halogens is 2. The predicted octanol–water partition coefficient (Wildman–Crippen LogP) is 6.60. The first kappa shape index (κ1) is 33.5. The number of hydrogen-bond donors (Lipinski definition) is 1. The maximum Gasteiger partial charge on any atom is 0.323 e. The number of Topliss-reactive ketones (excluding diaryl/α,β-unsaturated/α-hetero) is 1. The van der Waals surface area contributed by atoms with Crippen molar-refractivity contribution in [1.29, 1.82) is 0 Å². The number of carboxylic acids is 1. The Morgan fingerprint density at radius 3 is 1.84 bits per heavy atom. The van der Waals surface area contributed by atoms with Crippen LogP contribution in [-0.4, -0.2) is 42.0 Å². The van der Waals surface area contributed by atoms with E-state index in [2.05, 4.69) is 50.9 Å². The molecule has 0 heterocycles. The fourth-order valence-electron chi connectivity index (χ4n) is 3.49. The van der Waals surface area contributed by atoms with Gasteiger partial charge < -0.3 is 14.6 Å². The molecule has 9 heteroatoms. The molecule has 0 aliphatic heterocycles. The summed E-state index contributed by atoms with van der Waals surface area (Å²) in [6.45, 7) is 10.5. The van der Waals surface area contributed by atoms with Crippen molar-refractivity contribution in [3.63, 3.8) is 0 Å². The zero-order valence-corrected chi connectivity index (χ0v) is 25.9. The van der Waals surface area contributed by atoms with E-state index in [0.29, 0.717) is 16.5 Å². The molecule has 0 spiro atoms. The van der Waals surface area contributed by atoms with E-state index in [9.17, 15) is 19.2 Å². The molecule has 0 aliphatic carbocycles. The monoisotopic (exact) mass is 654 g/mol. The Morgan fingerprint density at radius 2 is 1.42 bits per heavy atom. The Bertz CT molecular complexity index is 1130. The number of rotatable bonds is 11. The molecule has 38 heavy (non-hydrogen) atoms. The van der Waals surface area contributed by atoms with Gasteiger partial charge in [-0.2, -0.15) is 0 Å². The van der Waals surface area contributed by atoms with Gasteiger partial charge in [0.15, 0.2) is 11.2 Å². The molecule has 7 nitrogen and oxygen atoms in total. The van der Waals surface area contributed by atoms with E-state index in [-0.39, 0.29) is 31.3 Å². The first-order chi connectivity index (χ1) is 17.8. The number of carbonyl (C=O) groups excluding carboxylic acids is 3. The number of aryl methyl sites for hydroxylation is 1. The summed E-state index contributed by atoms with van der Waals surface area (Å²) < 4.78 is 11.7. The first-order valence-corrected chi connectivity index (χ1v) is 14.0. The van der Waals surface area contributed by atoms with Gasteiger partial charge in [-0.3, -0.25) is 19.2 Å². The van der Waals surface area contributed by atoms with Crippen LogP contribution in [0.15, 0.2) is 45.3 Å². The Hall–Kier alpha value is -2.52. The van der Waals surface area contributed by atoms with Gasteiger partial charge in [0.25, 0.3) is 0 Å². The topological polar surface area (TPSA) is 107 Å². The van der Waals surface area contributed by atoms with Crippen LogP contribution in [0.3, 0.4) is 0 Å². The minimum atomic E-state index is -1.44. The molecule has 2 aromatic rings. The lowest BCUT2D eigenvalue weighted by Crippen LogP contribution is -2.41. The van der Waals surface area contributed by atoms with Crippen molar-refractivity contribution in [3.8, 4) is 0 Å². The number of ether oxygens (including phenoxy) is 2. The average molecular weight is 656 g/mol. The summed E-state index contributed by atoms with van der Waals surface area (Å²) in [5, 5.41) is 8.82. The van der Waals surface area contributed by atoms with E-state index in [1.807, 2.05) is 6.07 Å². The molecule has 0 aromatic heterocycles. The highest BCUT2D eigenvalue weighted by atomic mass is 79.9. The van der Waals surface area contributed by atoms with Crippen LogP contribution in [-0.2, 0) is 43.1 Å². The quantitative estimate of drug-likeness (QED) is 0.165. The number of hydrogen-bond acceptors (Lipinski definition) is 6. The fourth-order valence-corrected chi connectivity index (χ4v) is 4.60. The van der Waals surface area contributed by atoms with Crippen LogP contribution in [0.5, 0.6) is 0 Å². The van der Waals surface area contributed by atoms with Crippen LogP contribution in [0.1, 0.15) is 68.6 Å². The van der Waals surface area contributed by atoms with Crippen LogP contribution in [0.2, 0.25) is 0 Å². The number of aliphatic carboxylic acids is 1. The number of carbonyl (C=O) groups is 4. The number of benzene rings is 2. The van der Waals surface area contributed by atoms with Gasteiger partial charge in [-0.25, -0.2) is 0 Å². The molecule has 1 atom stereocenters. The second kappa shape index (κ2) is 15.8. The van der Waals surface area contributed by atoms with Crippen molar-refractivity contribution in [2.45, 2.75) is 60.8 Å². The van der Waals surface area contributed by atoms with Crippen LogP contribution in [0.25, 0.3) is 0 Å². The molecule has 0 radical (unpaired) electrons. The summed E-state index contributed by atoms with van der Waals surface area (Å²) >= 11 is 6.86. The van der Waals surface area contributed by atoms with Gasteiger partial charge in [0.1, 0.15) is 0 Å². The second-order valence-corrected chi connectivity index (χ2v) is 10.7. The lowest BCUT2D eigenvalue weighted by atomic mass is 9.83. The maximum atomic E-state index is 12.3. The largest absolute Gasteiger partial charge is 0.481 e. The van der Waals surface area contributed by atoms with Crippen molar-refractivity contribution < 1.29 is 33.8 Å². The summed E-state index contributed by atoms with van der Waals surface area (Å²) in [7, 11) is 0. The predicted molar refractivity (Wildman–Crippen MR) is 153 cm³/mol. The maximum absolute atomic E-state index is 12.3. The van der Waals surface area contributed by atoms with Crippen LogP contribution >= 0.6 is 31.9 Å². The molecule has 0 saturated carbocycles. The van der Waals surface area contributed by atoms with Crippen LogP contribution in [0.4, 0.5) is 0 Å². The van der Waals surface area contributed by atoms with Gasteiger partial charge >= 0.3 is 17.9 Å². The Labute approximate surface area is 241 Å². The van der Waals surface area contributed by atoms with Crippen molar-refractivity contribution in [2.75, 3.05) is 13.2 Å². The molecule has 1 unspecified atom stereocenters. The number of carboxylic acid groups (broad SMARTS) is 1. The third kappa shape index (κ3) is 9.66. The third-order valence-corrected chi connectivity index (χ3v) is 7.41. The van der Waals surface area contributed by atoms with E-state index < -0.39 is 23.3 Å². The van der Waals surface area contributed by atoms with Gasteiger partial charge in [0.2, 0.25) is 0 Å². The summed E-state index contributed by atoms with van der Waals surface area (Å²) in [5.41, 5.74) is 2.15. The molecule has 0 fully saturated rings. The van der Waals surface area contributed by atoms with Gasteiger partial charge in [-0.1, -0.05) is 70.0 Å². The first-order valence-electron chi connectivity index (χ1n) is 12.4. The fraction of sp³-hybridized carbons (Fsp3) is 0.448. The van der Waals surface area contributed by atoms with E-state index in [4.69, 9.17) is 14.6 Å². The minimum Gasteiger partial charge on any atom is -0.481 e. The standard InChI is InChI=1S/C17H21BrO5.C12H15BrO2/c1-5-22-15(20)17(4,16(21)23-6-2)10-13-8-7-12(11(3)19)9-14(13)18;1-3-9-4-5-10(11(13)7-9)6-8(2)12(14)15/h7-9H,5-6,10H2,1-4H3;4-5,7-8H,3,6H2,1-2H3,(H,14,15). The smallest absolute Gasteiger partial charge is 0.323 e. The van der Waals surface area contributed by atoms with Gasteiger partial charge in [-0.05, 0) is 69.4 Å². The van der Waals surface area contributed by atoms with Gasteiger partial charge in [0.05, 0.1) is 19.1 Å². The number of esters is 2. The minimum absolute atomic E-state index is 0.0594. The van der Waals surface area contributed by atoms with Crippen molar-refractivity contribution in [3.05, 3.63) is 67.6 Å². The molecule has 0 bridgehead atoms. The molecule has 0 amide bonds. The lowest BCUT2D eigenvalue weighted by molar-refractivity contribution is -0.170. The van der Waals surface area contributed by atoms with Crippen molar-refractivity contribution >= 4 is 55.6 Å². The molecule has 2 aromatic carbocycles. The average Bonchev–Trinajstić information content (AvgIpc) is 2.86. The Morgan fingerprint density at radius 1 is 0.895 bits per heavy atom. The van der Waals surface area contributed by atoms with E-state index in [1.54, 1.807) is 39.0 Å².